The summed E-state index contributed by atoms with van der Waals surface area (Å²) in [4.78, 5) is 0. The number of benzene rings is 1. The van der Waals surface area contributed by atoms with Crippen LogP contribution in [0.4, 0.5) is 10.2 Å². The minimum atomic E-state index is -0.373. The van der Waals surface area contributed by atoms with E-state index in [4.69, 9.17) is 10.5 Å². The van der Waals surface area contributed by atoms with E-state index in [1.165, 1.54) is 13.2 Å². The highest BCUT2D eigenvalue weighted by atomic mass is 19.1. The van der Waals surface area contributed by atoms with Gasteiger partial charge in [-0.15, -0.1) is 0 Å². The molecule has 5 heteroatoms. The number of nitrogens with two attached hydrogens (primary N) is 1. The Kier molecular flexibility index (Phi) is 2.99. The molecule has 2 rings (SSSR count). The molecular formula is C12H14FN3O. The fourth-order valence-corrected chi connectivity index (χ4v) is 1.61. The molecule has 0 unspecified atom stereocenters. The third-order valence-electron chi connectivity index (χ3n) is 2.54. The lowest BCUT2D eigenvalue weighted by Gasteiger charge is -2.05. The second kappa shape index (κ2) is 4.45. The minimum absolute atomic E-state index is 0.241. The lowest BCUT2D eigenvalue weighted by molar-refractivity contribution is 0.386. The van der Waals surface area contributed by atoms with Crippen LogP contribution in [0.2, 0.25) is 0 Å². The van der Waals surface area contributed by atoms with Gasteiger partial charge in [-0.05, 0) is 24.6 Å². The summed E-state index contributed by atoms with van der Waals surface area (Å²) in [5.41, 5.74) is 7.37. The molecule has 0 saturated carbocycles. The fourth-order valence-electron chi connectivity index (χ4n) is 1.61. The second-order valence-electron chi connectivity index (χ2n) is 3.86. The van der Waals surface area contributed by atoms with Gasteiger partial charge in [0.1, 0.15) is 5.82 Å². The molecule has 0 aliphatic rings. The first kappa shape index (κ1) is 11.4. The van der Waals surface area contributed by atoms with E-state index in [1.54, 1.807) is 16.8 Å². The summed E-state index contributed by atoms with van der Waals surface area (Å²) in [7, 11) is 1.44. The van der Waals surface area contributed by atoms with Gasteiger partial charge in [0.15, 0.2) is 11.6 Å². The molecule has 0 amide bonds. The van der Waals surface area contributed by atoms with E-state index in [9.17, 15) is 4.39 Å². The Morgan fingerprint density at radius 1 is 1.47 bits per heavy atom. The Hall–Kier alpha value is -2.04. The minimum Gasteiger partial charge on any atom is -0.494 e. The number of ether oxygens (including phenoxy) is 1. The lowest BCUT2D eigenvalue weighted by atomic mass is 10.2. The van der Waals surface area contributed by atoms with Gasteiger partial charge in [0.25, 0.3) is 0 Å². The van der Waals surface area contributed by atoms with Crippen molar-refractivity contribution in [2.24, 2.45) is 0 Å². The number of nitrogen functional groups attached to an aromatic ring is 1. The van der Waals surface area contributed by atoms with E-state index in [0.29, 0.717) is 12.4 Å². The summed E-state index contributed by atoms with van der Waals surface area (Å²) in [5, 5.41) is 4.12. The molecule has 0 radical (unpaired) electrons. The van der Waals surface area contributed by atoms with Crippen LogP contribution in [-0.2, 0) is 6.54 Å². The van der Waals surface area contributed by atoms with Crippen LogP contribution in [0.15, 0.2) is 24.4 Å². The van der Waals surface area contributed by atoms with Crippen molar-refractivity contribution in [2.75, 3.05) is 12.8 Å². The number of methoxy groups -OCH3 is 1. The third-order valence-corrected chi connectivity index (χ3v) is 2.54. The maximum Gasteiger partial charge on any atom is 0.165 e. The molecule has 0 bridgehead atoms. The molecule has 90 valence electrons. The Morgan fingerprint density at radius 2 is 2.24 bits per heavy atom. The van der Waals surface area contributed by atoms with E-state index < -0.39 is 0 Å². The van der Waals surface area contributed by atoms with Gasteiger partial charge >= 0.3 is 0 Å². The van der Waals surface area contributed by atoms with Crippen LogP contribution in [0.5, 0.6) is 5.75 Å². The first-order valence-electron chi connectivity index (χ1n) is 5.22. The molecule has 0 spiro atoms. The van der Waals surface area contributed by atoms with E-state index in [-0.39, 0.29) is 11.6 Å². The van der Waals surface area contributed by atoms with Crippen LogP contribution in [0, 0.1) is 12.7 Å². The Morgan fingerprint density at radius 3 is 2.76 bits per heavy atom. The van der Waals surface area contributed by atoms with Gasteiger partial charge in [0.05, 0.1) is 13.7 Å². The molecule has 0 saturated heterocycles. The van der Waals surface area contributed by atoms with Crippen LogP contribution in [0.3, 0.4) is 0 Å². The van der Waals surface area contributed by atoms with Crippen molar-refractivity contribution in [3.8, 4) is 5.75 Å². The molecule has 0 aliphatic carbocycles. The number of hydrogen-bond acceptors (Lipinski definition) is 3. The molecule has 1 heterocycles. The number of anilines is 1. The van der Waals surface area contributed by atoms with Crippen LogP contribution in [0.25, 0.3) is 0 Å². The van der Waals surface area contributed by atoms with E-state index in [0.717, 1.165) is 11.1 Å². The van der Waals surface area contributed by atoms with Crippen molar-refractivity contribution < 1.29 is 9.13 Å². The largest absolute Gasteiger partial charge is 0.494 e. The predicted molar refractivity (Wildman–Crippen MR) is 63.4 cm³/mol. The summed E-state index contributed by atoms with van der Waals surface area (Å²) >= 11 is 0. The highest BCUT2D eigenvalue weighted by molar-refractivity contribution is 5.36. The summed E-state index contributed by atoms with van der Waals surface area (Å²) < 4.78 is 20.0. The van der Waals surface area contributed by atoms with Gasteiger partial charge in [0.2, 0.25) is 0 Å². The summed E-state index contributed by atoms with van der Waals surface area (Å²) in [5.74, 6) is 0.366. The van der Waals surface area contributed by atoms with Gasteiger partial charge < -0.3 is 10.5 Å². The number of nitrogens with zero attached hydrogens (tertiary/aromatic N) is 2. The Labute approximate surface area is 98.8 Å². The molecular weight excluding hydrogens is 221 g/mol. The van der Waals surface area contributed by atoms with Crippen LogP contribution < -0.4 is 10.5 Å². The smallest absolute Gasteiger partial charge is 0.165 e. The van der Waals surface area contributed by atoms with Crippen molar-refractivity contribution in [2.45, 2.75) is 13.5 Å². The van der Waals surface area contributed by atoms with Gasteiger partial charge in [-0.2, -0.15) is 5.10 Å². The molecule has 2 N–H and O–H groups in total. The second-order valence-corrected chi connectivity index (χ2v) is 3.86. The summed E-state index contributed by atoms with van der Waals surface area (Å²) in [6.07, 6.45) is 1.83. The van der Waals surface area contributed by atoms with Crippen molar-refractivity contribution in [1.82, 2.24) is 9.78 Å². The predicted octanol–water partition coefficient (Wildman–Crippen LogP) is 1.97. The topological polar surface area (TPSA) is 53.1 Å². The monoisotopic (exact) mass is 235 g/mol. The number of aryl methyl sites for hydroxylation is 1. The molecule has 0 aliphatic heterocycles. The zero-order chi connectivity index (χ0) is 12.4. The normalized spacial score (nSPS) is 10.5. The van der Waals surface area contributed by atoms with Crippen molar-refractivity contribution in [3.63, 3.8) is 0 Å². The zero-order valence-electron chi connectivity index (χ0n) is 9.77. The molecule has 1 aromatic carbocycles. The highest BCUT2D eigenvalue weighted by Gasteiger charge is 2.05. The molecule has 1 aromatic heterocycles. The first-order valence-corrected chi connectivity index (χ1v) is 5.22. The third kappa shape index (κ3) is 2.38. The van der Waals surface area contributed by atoms with Gasteiger partial charge in [-0.3, -0.25) is 4.68 Å². The quantitative estimate of drug-likeness (QED) is 0.884. The summed E-state index contributed by atoms with van der Waals surface area (Å²) in [6.45, 7) is 2.37. The molecule has 0 atom stereocenters. The van der Waals surface area contributed by atoms with Crippen molar-refractivity contribution in [3.05, 3.63) is 41.3 Å². The average Bonchev–Trinajstić information content (AvgIpc) is 2.58. The lowest BCUT2D eigenvalue weighted by Crippen LogP contribution is -2.02. The van der Waals surface area contributed by atoms with Gasteiger partial charge in [0, 0.05) is 11.8 Å². The zero-order valence-corrected chi connectivity index (χ0v) is 9.77. The van der Waals surface area contributed by atoms with E-state index >= 15 is 0 Å². The first-order chi connectivity index (χ1) is 8.10. The van der Waals surface area contributed by atoms with Crippen molar-refractivity contribution >= 4 is 5.82 Å². The molecule has 2 aromatic rings. The van der Waals surface area contributed by atoms with Crippen LogP contribution in [0.1, 0.15) is 11.1 Å². The molecule has 4 nitrogen and oxygen atoms in total. The maximum absolute atomic E-state index is 13.5. The highest BCUT2D eigenvalue weighted by Crippen LogP contribution is 2.18. The average molecular weight is 235 g/mol. The molecule has 0 fully saturated rings. The van der Waals surface area contributed by atoms with Crippen molar-refractivity contribution in [1.29, 1.82) is 0 Å². The van der Waals surface area contributed by atoms with Crippen LogP contribution in [-0.4, -0.2) is 16.9 Å². The Bertz CT molecular complexity index is 517. The fraction of sp³-hybridized carbons (Fsp3) is 0.250. The number of hydrogen-bond donors (Lipinski definition) is 1. The standard InChI is InChI=1S/C12H14FN3O/c1-8-6-16(15-12(8)14)7-9-3-4-11(17-2)10(13)5-9/h3-6H,7H2,1-2H3,(H2,14,15). The van der Waals surface area contributed by atoms with E-state index in [1.807, 2.05) is 13.1 Å². The van der Waals surface area contributed by atoms with Gasteiger partial charge in [-0.1, -0.05) is 6.07 Å². The number of rotatable bonds is 3. The summed E-state index contributed by atoms with van der Waals surface area (Å²) in [6, 6.07) is 4.84. The number of halogens is 1. The van der Waals surface area contributed by atoms with Crippen LogP contribution >= 0.6 is 0 Å². The molecule has 17 heavy (non-hydrogen) atoms. The Balaban J connectivity index is 2.21. The van der Waals surface area contributed by atoms with E-state index in [2.05, 4.69) is 5.10 Å². The maximum atomic E-state index is 13.5. The number of aromatic nitrogens is 2. The SMILES string of the molecule is COc1ccc(Cn2cc(C)c(N)n2)cc1F. The van der Waals surface area contributed by atoms with Gasteiger partial charge in [-0.25, -0.2) is 4.39 Å².